The Morgan fingerprint density at radius 1 is 1.29 bits per heavy atom. The Balaban J connectivity index is 1.95. The fraction of sp³-hybridized carbons (Fsp3) is 0.286. The third-order valence-electron chi connectivity index (χ3n) is 3.29. The average Bonchev–Trinajstić information content (AvgIpc) is 2.83. The predicted octanol–water partition coefficient (Wildman–Crippen LogP) is 3.21. The highest BCUT2D eigenvalue weighted by Gasteiger charge is 2.37. The summed E-state index contributed by atoms with van der Waals surface area (Å²) in [5.41, 5.74) is 7.60. The van der Waals surface area contributed by atoms with E-state index in [-0.39, 0.29) is 11.9 Å². The molecule has 0 saturated heterocycles. The maximum Gasteiger partial charge on any atom is 0.134 e. The maximum absolute atomic E-state index is 13.0. The number of nitrogens with two attached hydrogens (primary N) is 1. The van der Waals surface area contributed by atoms with Gasteiger partial charge in [0.05, 0.1) is 0 Å². The van der Waals surface area contributed by atoms with Crippen molar-refractivity contribution in [2.45, 2.75) is 25.3 Å². The molecule has 1 aliphatic rings. The van der Waals surface area contributed by atoms with E-state index < -0.39 is 0 Å². The van der Waals surface area contributed by atoms with Crippen molar-refractivity contribution >= 4 is 0 Å². The van der Waals surface area contributed by atoms with Crippen LogP contribution in [0.3, 0.4) is 0 Å². The molecule has 0 radical (unpaired) electrons. The molecule has 1 fully saturated rings. The minimum Gasteiger partial charge on any atom is -0.461 e. The van der Waals surface area contributed by atoms with E-state index in [9.17, 15) is 4.39 Å². The van der Waals surface area contributed by atoms with Crippen LogP contribution in [0.2, 0.25) is 0 Å². The second kappa shape index (κ2) is 3.70. The molecular formula is C14H14FNO. The zero-order valence-corrected chi connectivity index (χ0v) is 9.61. The number of aryl methyl sites for hydroxylation is 1. The molecule has 88 valence electrons. The van der Waals surface area contributed by atoms with Crippen molar-refractivity contribution in [1.29, 1.82) is 0 Å². The summed E-state index contributed by atoms with van der Waals surface area (Å²) in [5, 5.41) is 0. The number of furan rings is 1. The molecule has 0 spiro atoms. The van der Waals surface area contributed by atoms with Crippen LogP contribution in [0.15, 0.2) is 34.7 Å². The Morgan fingerprint density at radius 2 is 2.06 bits per heavy atom. The zero-order valence-electron chi connectivity index (χ0n) is 9.61. The number of halogens is 1. The second-order valence-corrected chi connectivity index (χ2v) is 4.67. The van der Waals surface area contributed by atoms with Crippen LogP contribution in [-0.4, -0.2) is 6.04 Å². The van der Waals surface area contributed by atoms with Crippen LogP contribution in [-0.2, 0) is 0 Å². The third-order valence-corrected chi connectivity index (χ3v) is 3.29. The lowest BCUT2D eigenvalue weighted by molar-refractivity contribution is 0.521. The van der Waals surface area contributed by atoms with Gasteiger partial charge in [-0.3, -0.25) is 0 Å². The molecule has 1 aromatic heterocycles. The monoisotopic (exact) mass is 231 g/mol. The SMILES string of the molecule is Cc1cc(F)ccc1-c1ccc([C@@H]2C[C@@H]2N)o1. The lowest BCUT2D eigenvalue weighted by Crippen LogP contribution is -2.00. The lowest BCUT2D eigenvalue weighted by atomic mass is 10.1. The second-order valence-electron chi connectivity index (χ2n) is 4.67. The van der Waals surface area contributed by atoms with Gasteiger partial charge in [0.15, 0.2) is 0 Å². The van der Waals surface area contributed by atoms with Crippen molar-refractivity contribution in [3.63, 3.8) is 0 Å². The van der Waals surface area contributed by atoms with E-state index >= 15 is 0 Å². The predicted molar refractivity (Wildman–Crippen MR) is 64.2 cm³/mol. The summed E-state index contributed by atoms with van der Waals surface area (Å²) in [4.78, 5) is 0. The largest absolute Gasteiger partial charge is 0.461 e. The molecule has 1 aliphatic carbocycles. The average molecular weight is 231 g/mol. The van der Waals surface area contributed by atoms with Gasteiger partial charge in [0, 0.05) is 17.5 Å². The van der Waals surface area contributed by atoms with E-state index in [2.05, 4.69) is 0 Å². The highest BCUT2D eigenvalue weighted by molar-refractivity contribution is 5.62. The van der Waals surface area contributed by atoms with Crippen molar-refractivity contribution in [2.75, 3.05) is 0 Å². The summed E-state index contributed by atoms with van der Waals surface area (Å²) >= 11 is 0. The minimum absolute atomic E-state index is 0.220. The van der Waals surface area contributed by atoms with Gasteiger partial charge in [-0.25, -0.2) is 4.39 Å². The topological polar surface area (TPSA) is 39.2 Å². The quantitative estimate of drug-likeness (QED) is 0.862. The molecule has 0 aliphatic heterocycles. The van der Waals surface area contributed by atoms with Gasteiger partial charge in [0.2, 0.25) is 0 Å². The van der Waals surface area contributed by atoms with Crippen LogP contribution in [0.5, 0.6) is 0 Å². The molecule has 2 N–H and O–H groups in total. The highest BCUT2D eigenvalue weighted by atomic mass is 19.1. The van der Waals surface area contributed by atoms with Crippen molar-refractivity contribution in [3.8, 4) is 11.3 Å². The highest BCUT2D eigenvalue weighted by Crippen LogP contribution is 2.41. The summed E-state index contributed by atoms with van der Waals surface area (Å²) in [5.74, 6) is 1.87. The minimum atomic E-state index is -0.220. The van der Waals surface area contributed by atoms with E-state index in [1.54, 1.807) is 6.07 Å². The normalized spacial score (nSPS) is 22.8. The van der Waals surface area contributed by atoms with E-state index in [1.807, 2.05) is 19.1 Å². The van der Waals surface area contributed by atoms with Gasteiger partial charge in [0.1, 0.15) is 17.3 Å². The molecule has 0 bridgehead atoms. The Kier molecular flexibility index (Phi) is 2.30. The molecule has 2 atom stereocenters. The standard InChI is InChI=1S/C14H14FNO/c1-8-6-9(15)2-3-10(8)13-4-5-14(17-13)11-7-12(11)16/h2-6,11-12H,7,16H2,1H3/t11-,12+/m1/s1. The van der Waals surface area contributed by atoms with Crippen molar-refractivity contribution in [2.24, 2.45) is 5.73 Å². The smallest absolute Gasteiger partial charge is 0.134 e. The first kappa shape index (κ1) is 10.5. The van der Waals surface area contributed by atoms with Gasteiger partial charge >= 0.3 is 0 Å². The number of benzene rings is 1. The molecule has 0 unspecified atom stereocenters. The Morgan fingerprint density at radius 3 is 2.71 bits per heavy atom. The fourth-order valence-electron chi connectivity index (χ4n) is 2.14. The van der Waals surface area contributed by atoms with Crippen LogP contribution in [0.1, 0.15) is 23.7 Å². The number of hydrogen-bond donors (Lipinski definition) is 1. The number of hydrogen-bond acceptors (Lipinski definition) is 2. The van der Waals surface area contributed by atoms with Gasteiger partial charge in [-0.2, -0.15) is 0 Å². The van der Waals surface area contributed by atoms with Crippen molar-refractivity contribution in [1.82, 2.24) is 0 Å². The maximum atomic E-state index is 13.0. The van der Waals surface area contributed by atoms with Gasteiger partial charge in [-0.05, 0) is 49.2 Å². The van der Waals surface area contributed by atoms with E-state index in [1.165, 1.54) is 12.1 Å². The van der Waals surface area contributed by atoms with Crippen LogP contribution >= 0.6 is 0 Å². The molecule has 1 heterocycles. The van der Waals surface area contributed by atoms with Crippen LogP contribution < -0.4 is 5.73 Å². The lowest BCUT2D eigenvalue weighted by Gasteiger charge is -2.02. The van der Waals surface area contributed by atoms with Gasteiger partial charge in [0.25, 0.3) is 0 Å². The van der Waals surface area contributed by atoms with Gasteiger partial charge in [-0.15, -0.1) is 0 Å². The molecule has 2 nitrogen and oxygen atoms in total. The molecule has 3 heteroatoms. The molecule has 1 saturated carbocycles. The Bertz CT molecular complexity index is 561. The Labute approximate surface area is 99.2 Å². The number of rotatable bonds is 2. The summed E-state index contributed by atoms with van der Waals surface area (Å²) in [7, 11) is 0. The molecule has 17 heavy (non-hydrogen) atoms. The molecule has 1 aromatic carbocycles. The first-order valence-electron chi connectivity index (χ1n) is 5.77. The molecule has 0 amide bonds. The van der Waals surface area contributed by atoms with Crippen LogP contribution in [0, 0.1) is 12.7 Å². The first-order valence-corrected chi connectivity index (χ1v) is 5.77. The summed E-state index contributed by atoms with van der Waals surface area (Å²) in [6.45, 7) is 1.88. The van der Waals surface area contributed by atoms with Gasteiger partial charge < -0.3 is 10.2 Å². The molecule has 2 aromatic rings. The van der Waals surface area contributed by atoms with Gasteiger partial charge in [-0.1, -0.05) is 0 Å². The zero-order chi connectivity index (χ0) is 12.0. The van der Waals surface area contributed by atoms with Crippen molar-refractivity contribution in [3.05, 3.63) is 47.5 Å². The first-order chi connectivity index (χ1) is 8.15. The molecule has 3 rings (SSSR count). The molecular weight excluding hydrogens is 217 g/mol. The van der Waals surface area contributed by atoms with Crippen LogP contribution in [0.4, 0.5) is 4.39 Å². The van der Waals surface area contributed by atoms with Crippen molar-refractivity contribution < 1.29 is 8.81 Å². The van der Waals surface area contributed by atoms with E-state index in [0.29, 0.717) is 5.92 Å². The van der Waals surface area contributed by atoms with E-state index in [4.69, 9.17) is 10.2 Å². The van der Waals surface area contributed by atoms with Crippen LogP contribution in [0.25, 0.3) is 11.3 Å². The Hall–Kier alpha value is -1.61. The summed E-state index contributed by atoms with van der Waals surface area (Å²) < 4.78 is 18.8. The third kappa shape index (κ3) is 1.87. The summed E-state index contributed by atoms with van der Waals surface area (Å²) in [6.07, 6.45) is 0.995. The summed E-state index contributed by atoms with van der Waals surface area (Å²) in [6, 6.07) is 8.85. The van der Waals surface area contributed by atoms with E-state index in [0.717, 1.165) is 29.1 Å². The fourth-order valence-corrected chi connectivity index (χ4v) is 2.14.